The van der Waals surface area contributed by atoms with Crippen molar-refractivity contribution < 1.29 is 43.1 Å². The molecule has 2 aromatic rings. The summed E-state index contributed by atoms with van der Waals surface area (Å²) in [6.45, 7) is 0.811. The average molecular weight is 641 g/mol. The Morgan fingerprint density at radius 1 is 0.978 bits per heavy atom. The van der Waals surface area contributed by atoms with Crippen LogP contribution in [-0.4, -0.2) is 73.3 Å². The lowest BCUT2D eigenvalue weighted by atomic mass is 9.84. The average Bonchev–Trinajstić information content (AvgIpc) is 3.06. The normalized spacial score (nSPS) is 14.3. The van der Waals surface area contributed by atoms with Crippen molar-refractivity contribution in [3.8, 4) is 5.75 Å². The van der Waals surface area contributed by atoms with Gasteiger partial charge in [0.05, 0.1) is 31.9 Å². The summed E-state index contributed by atoms with van der Waals surface area (Å²) in [4.78, 5) is 75.7. The number of methoxy groups -OCH3 is 1. The predicted octanol–water partition coefficient (Wildman–Crippen LogP) is 2.62. The molecule has 248 valence electrons. The third-order valence-corrected chi connectivity index (χ3v) is 7.51. The van der Waals surface area contributed by atoms with Crippen LogP contribution in [0.5, 0.6) is 5.75 Å². The van der Waals surface area contributed by atoms with Crippen LogP contribution in [-0.2, 0) is 35.3 Å². The minimum atomic E-state index is -1.48. The Morgan fingerprint density at radius 3 is 2.35 bits per heavy atom. The second kappa shape index (κ2) is 18.2. The Kier molecular flexibility index (Phi) is 14.1. The molecule has 3 amide bonds. The van der Waals surface area contributed by atoms with Crippen LogP contribution in [0.25, 0.3) is 0 Å². The number of benzene rings is 2. The second-order valence-corrected chi connectivity index (χ2v) is 10.8. The Morgan fingerprint density at radius 2 is 1.70 bits per heavy atom. The van der Waals surface area contributed by atoms with Crippen LogP contribution in [0, 0.1) is 16.0 Å². The predicted molar refractivity (Wildman–Crippen MR) is 165 cm³/mol. The van der Waals surface area contributed by atoms with Gasteiger partial charge in [-0.05, 0) is 37.0 Å². The van der Waals surface area contributed by atoms with Gasteiger partial charge in [0, 0.05) is 6.07 Å². The fraction of sp³-hybridized carbons (Fsp3) is 0.469. The van der Waals surface area contributed by atoms with E-state index in [2.05, 4.69) is 16.0 Å². The minimum absolute atomic E-state index is 0.0708. The molecule has 3 N–H and O–H groups in total. The van der Waals surface area contributed by atoms with E-state index in [1.54, 1.807) is 31.2 Å². The van der Waals surface area contributed by atoms with Gasteiger partial charge >= 0.3 is 5.97 Å². The maximum atomic E-state index is 13.7. The molecule has 1 aliphatic rings. The van der Waals surface area contributed by atoms with Crippen LogP contribution in [0.4, 0.5) is 5.69 Å². The first-order chi connectivity index (χ1) is 22.1. The molecule has 46 heavy (non-hydrogen) atoms. The number of carbonyl (C=O) groups excluding carboxylic acids is 5. The van der Waals surface area contributed by atoms with E-state index < -0.39 is 65.3 Å². The summed E-state index contributed by atoms with van der Waals surface area (Å²) < 4.78 is 15.6. The van der Waals surface area contributed by atoms with Gasteiger partial charge in [-0.15, -0.1) is 0 Å². The molecule has 0 spiro atoms. The van der Waals surface area contributed by atoms with Crippen molar-refractivity contribution in [2.24, 2.45) is 5.92 Å². The van der Waals surface area contributed by atoms with Gasteiger partial charge in [-0.2, -0.15) is 0 Å². The molecule has 1 saturated carbocycles. The van der Waals surface area contributed by atoms with E-state index >= 15 is 0 Å². The maximum absolute atomic E-state index is 13.7. The topological polar surface area (TPSA) is 192 Å². The zero-order valence-corrected chi connectivity index (χ0v) is 26.0. The van der Waals surface area contributed by atoms with E-state index in [4.69, 9.17) is 14.2 Å². The number of hydrogen-bond donors (Lipinski definition) is 3. The number of esters is 1. The van der Waals surface area contributed by atoms with E-state index in [0.717, 1.165) is 43.7 Å². The summed E-state index contributed by atoms with van der Waals surface area (Å²) in [7, 11) is 1.35. The Hall–Kier alpha value is -4.85. The van der Waals surface area contributed by atoms with Gasteiger partial charge in [-0.25, -0.2) is 0 Å². The molecule has 0 heterocycles. The smallest absolute Gasteiger partial charge is 0.325 e. The first-order valence-electron chi connectivity index (χ1n) is 15.2. The number of ketones is 1. The second-order valence-electron chi connectivity index (χ2n) is 10.8. The zero-order chi connectivity index (χ0) is 33.5. The molecule has 0 aromatic heterocycles. The monoisotopic (exact) mass is 640 g/mol. The molecule has 0 aliphatic heterocycles. The molecular formula is C32H40N4O10. The Labute approximate surface area is 266 Å². The summed E-state index contributed by atoms with van der Waals surface area (Å²) in [5, 5.41) is 19.0. The van der Waals surface area contributed by atoms with Gasteiger partial charge < -0.3 is 30.2 Å². The molecule has 0 radical (unpaired) electrons. The fourth-order valence-corrected chi connectivity index (χ4v) is 5.14. The molecule has 3 rings (SSSR count). The van der Waals surface area contributed by atoms with Crippen LogP contribution in [0.2, 0.25) is 0 Å². The van der Waals surface area contributed by atoms with E-state index in [-0.39, 0.29) is 36.9 Å². The van der Waals surface area contributed by atoms with Crippen LogP contribution >= 0.6 is 0 Å². The molecule has 0 bridgehead atoms. The van der Waals surface area contributed by atoms with Crippen molar-refractivity contribution >= 4 is 35.2 Å². The highest BCUT2D eigenvalue weighted by Crippen LogP contribution is 2.28. The number of nitrogens with one attached hydrogen (secondary N) is 3. The minimum Gasteiger partial charge on any atom is -0.497 e. The van der Waals surface area contributed by atoms with Crippen LogP contribution in [0.15, 0.2) is 48.5 Å². The lowest BCUT2D eigenvalue weighted by molar-refractivity contribution is -0.385. The van der Waals surface area contributed by atoms with Crippen LogP contribution in [0.3, 0.4) is 0 Å². The highest BCUT2D eigenvalue weighted by atomic mass is 16.6. The van der Waals surface area contributed by atoms with Crippen molar-refractivity contribution in [1.29, 1.82) is 0 Å². The molecule has 2 atom stereocenters. The van der Waals surface area contributed by atoms with E-state index in [1.165, 1.54) is 19.2 Å². The summed E-state index contributed by atoms with van der Waals surface area (Å²) in [5.41, 5.74) is 0.00725. The van der Waals surface area contributed by atoms with Crippen molar-refractivity contribution in [3.63, 3.8) is 0 Å². The van der Waals surface area contributed by atoms with Crippen LogP contribution in [0.1, 0.15) is 61.4 Å². The third kappa shape index (κ3) is 10.9. The Balaban J connectivity index is 1.83. The van der Waals surface area contributed by atoms with E-state index in [0.29, 0.717) is 0 Å². The van der Waals surface area contributed by atoms with E-state index in [1.807, 2.05) is 6.07 Å². The lowest BCUT2D eigenvalue weighted by Gasteiger charge is -2.28. The summed E-state index contributed by atoms with van der Waals surface area (Å²) in [6.07, 6.45) is 4.78. The highest BCUT2D eigenvalue weighted by molar-refractivity contribution is 6.38. The summed E-state index contributed by atoms with van der Waals surface area (Å²) >= 11 is 0. The van der Waals surface area contributed by atoms with Gasteiger partial charge in [-0.3, -0.25) is 34.1 Å². The molecule has 0 unspecified atom stereocenters. The van der Waals surface area contributed by atoms with Gasteiger partial charge in [0.2, 0.25) is 11.7 Å². The highest BCUT2D eigenvalue weighted by Gasteiger charge is 2.33. The summed E-state index contributed by atoms with van der Waals surface area (Å²) in [5.74, 6) is -4.33. The molecule has 0 saturated heterocycles. The molecular weight excluding hydrogens is 600 g/mol. The molecule has 14 heteroatoms. The standard InChI is InChI=1S/C32H40N4O10/c1-3-46-28(37)18-33-32(41)29(38)26(20-45-19-22-12-8-5-9-13-22)35-31(40)25(16-21-10-6-4-7-11-21)34-30(39)24-17-23(44-2)14-15-27(24)36(42)43/h5,8-9,12-15,17,21,25-26H,3-4,6-7,10-11,16,18-20H2,1-2H3,(H,33,41)(H,34,39)(H,35,40)/t25-,26-/m1/s1. The number of carbonyl (C=O) groups is 5. The first-order valence-corrected chi connectivity index (χ1v) is 15.2. The van der Waals surface area contributed by atoms with Crippen molar-refractivity contribution in [2.45, 2.75) is 64.1 Å². The quantitative estimate of drug-likeness (QED) is 0.100. The van der Waals surface area contributed by atoms with Crippen LogP contribution < -0.4 is 20.7 Å². The van der Waals surface area contributed by atoms with Crippen molar-refractivity contribution in [2.75, 3.05) is 26.9 Å². The third-order valence-electron chi connectivity index (χ3n) is 7.51. The number of hydrogen-bond acceptors (Lipinski definition) is 10. The SMILES string of the molecule is CCOC(=O)CNC(=O)C(=O)[C@@H](COCc1ccccc1)NC(=O)[C@@H](CC1CCCCC1)NC(=O)c1cc(OC)ccc1[N+](=O)[O-]. The van der Waals surface area contributed by atoms with Gasteiger partial charge in [0.25, 0.3) is 17.5 Å². The zero-order valence-electron chi connectivity index (χ0n) is 26.0. The Bertz CT molecular complexity index is 1380. The number of ether oxygens (including phenoxy) is 3. The number of Topliss-reactive ketones (excluding diaryl/α,β-unsaturated/α-hetero) is 1. The molecule has 2 aromatic carbocycles. The number of amides is 3. The molecule has 14 nitrogen and oxygen atoms in total. The van der Waals surface area contributed by atoms with Gasteiger partial charge in [0.15, 0.2) is 0 Å². The maximum Gasteiger partial charge on any atom is 0.325 e. The fourth-order valence-electron chi connectivity index (χ4n) is 5.14. The number of nitrogens with zero attached hydrogens (tertiary/aromatic N) is 1. The van der Waals surface area contributed by atoms with E-state index in [9.17, 15) is 34.1 Å². The number of nitro benzene ring substituents is 1. The van der Waals surface area contributed by atoms with Gasteiger partial charge in [0.1, 0.15) is 29.9 Å². The van der Waals surface area contributed by atoms with Crippen molar-refractivity contribution in [1.82, 2.24) is 16.0 Å². The largest absolute Gasteiger partial charge is 0.497 e. The summed E-state index contributed by atoms with van der Waals surface area (Å²) in [6, 6.07) is 10.0. The first kappa shape index (κ1) is 35.6. The van der Waals surface area contributed by atoms with Crippen molar-refractivity contribution in [3.05, 3.63) is 69.8 Å². The van der Waals surface area contributed by atoms with Gasteiger partial charge in [-0.1, -0.05) is 62.4 Å². The number of rotatable bonds is 17. The number of nitro groups is 1. The molecule has 1 fully saturated rings. The molecule has 1 aliphatic carbocycles. The lowest BCUT2D eigenvalue weighted by Crippen LogP contribution is -2.56.